The standard InChI is InChI=1S/C24H26ClN3O2/c1-27-14-6-10-20(27)21-11-7-15-28(21)23(17-8-4-3-5-9-17)24(29)26-18-12-13-22(30-2)19(25)16-18/h3-6,8-10,12-14,16,21,23H,7,11,15H2,1-2H3,(H,26,29)/t21-,23-/m1/s1. The second kappa shape index (κ2) is 8.94. The average Bonchev–Trinajstić information content (AvgIpc) is 3.38. The van der Waals surface area contributed by atoms with Crippen LogP contribution in [0.2, 0.25) is 5.02 Å². The molecular formula is C24H26ClN3O2. The van der Waals surface area contributed by atoms with Gasteiger partial charge in [0.25, 0.3) is 0 Å². The zero-order valence-corrected chi connectivity index (χ0v) is 18.0. The van der Waals surface area contributed by atoms with Crippen LogP contribution in [0.5, 0.6) is 5.75 Å². The molecule has 2 heterocycles. The van der Waals surface area contributed by atoms with Gasteiger partial charge in [0.05, 0.1) is 18.2 Å². The topological polar surface area (TPSA) is 46.5 Å². The first kappa shape index (κ1) is 20.5. The highest BCUT2D eigenvalue weighted by molar-refractivity contribution is 6.32. The summed E-state index contributed by atoms with van der Waals surface area (Å²) >= 11 is 6.26. The number of likely N-dealkylation sites (tertiary alicyclic amines) is 1. The van der Waals surface area contributed by atoms with Crippen molar-refractivity contribution in [3.63, 3.8) is 0 Å². The molecule has 5 nitrogen and oxygen atoms in total. The second-order valence-corrected chi connectivity index (χ2v) is 8.00. The molecule has 1 aliphatic heterocycles. The molecule has 1 amide bonds. The lowest BCUT2D eigenvalue weighted by molar-refractivity contribution is -0.122. The Bertz CT molecular complexity index is 1020. The van der Waals surface area contributed by atoms with Crippen LogP contribution in [-0.4, -0.2) is 29.0 Å². The third-order valence-corrected chi connectivity index (χ3v) is 6.03. The monoisotopic (exact) mass is 423 g/mol. The number of carbonyl (C=O) groups excluding carboxylic acids is 1. The fourth-order valence-electron chi connectivity index (χ4n) is 4.32. The van der Waals surface area contributed by atoms with Crippen LogP contribution in [-0.2, 0) is 11.8 Å². The summed E-state index contributed by atoms with van der Waals surface area (Å²) in [6, 6.07) is 19.3. The van der Waals surface area contributed by atoms with Crippen molar-refractivity contribution >= 4 is 23.2 Å². The minimum absolute atomic E-state index is 0.0662. The van der Waals surface area contributed by atoms with Crippen molar-refractivity contribution in [3.05, 3.63) is 83.1 Å². The van der Waals surface area contributed by atoms with Crippen molar-refractivity contribution in [3.8, 4) is 5.75 Å². The van der Waals surface area contributed by atoms with Gasteiger partial charge in [-0.05, 0) is 55.3 Å². The van der Waals surface area contributed by atoms with Gasteiger partial charge in [0, 0.05) is 24.6 Å². The average molecular weight is 424 g/mol. The number of aromatic nitrogens is 1. The molecule has 1 fully saturated rings. The van der Waals surface area contributed by atoms with E-state index >= 15 is 0 Å². The maximum Gasteiger partial charge on any atom is 0.246 e. The molecule has 1 aromatic heterocycles. The van der Waals surface area contributed by atoms with Gasteiger partial charge >= 0.3 is 0 Å². The molecular weight excluding hydrogens is 398 g/mol. The number of hydrogen-bond acceptors (Lipinski definition) is 3. The maximum absolute atomic E-state index is 13.5. The molecule has 2 atom stereocenters. The first-order valence-electron chi connectivity index (χ1n) is 10.1. The van der Waals surface area contributed by atoms with E-state index in [-0.39, 0.29) is 11.9 Å². The molecule has 0 spiro atoms. The van der Waals surface area contributed by atoms with E-state index < -0.39 is 6.04 Å². The summed E-state index contributed by atoms with van der Waals surface area (Å²) in [4.78, 5) is 15.8. The molecule has 0 aliphatic carbocycles. The molecule has 6 heteroatoms. The van der Waals surface area contributed by atoms with Crippen molar-refractivity contribution in [1.29, 1.82) is 0 Å². The summed E-state index contributed by atoms with van der Waals surface area (Å²) < 4.78 is 7.36. The molecule has 0 bridgehead atoms. The van der Waals surface area contributed by atoms with Gasteiger partial charge in [0.2, 0.25) is 5.91 Å². The third-order valence-electron chi connectivity index (χ3n) is 5.73. The summed E-state index contributed by atoms with van der Waals surface area (Å²) in [5.41, 5.74) is 2.87. The number of aryl methyl sites for hydroxylation is 1. The first-order valence-corrected chi connectivity index (χ1v) is 10.5. The van der Waals surface area contributed by atoms with Crippen molar-refractivity contribution < 1.29 is 9.53 Å². The fourth-order valence-corrected chi connectivity index (χ4v) is 4.58. The molecule has 30 heavy (non-hydrogen) atoms. The number of methoxy groups -OCH3 is 1. The molecule has 1 aliphatic rings. The number of benzene rings is 2. The number of nitrogens with zero attached hydrogens (tertiary/aromatic N) is 2. The van der Waals surface area contributed by atoms with Crippen LogP contribution in [0, 0.1) is 0 Å². The van der Waals surface area contributed by atoms with E-state index in [1.165, 1.54) is 5.69 Å². The van der Waals surface area contributed by atoms with E-state index in [2.05, 4.69) is 40.2 Å². The van der Waals surface area contributed by atoms with Gasteiger partial charge in [-0.1, -0.05) is 41.9 Å². The largest absolute Gasteiger partial charge is 0.495 e. The minimum Gasteiger partial charge on any atom is -0.495 e. The Balaban J connectivity index is 1.66. The van der Waals surface area contributed by atoms with Gasteiger partial charge in [-0.25, -0.2) is 0 Å². The third kappa shape index (κ3) is 4.09. The number of carbonyl (C=O) groups is 1. The van der Waals surface area contributed by atoms with Crippen LogP contribution in [0.4, 0.5) is 5.69 Å². The summed E-state index contributed by atoms with van der Waals surface area (Å²) in [5.74, 6) is 0.515. The summed E-state index contributed by atoms with van der Waals surface area (Å²) in [6.07, 6.45) is 4.15. The molecule has 2 aromatic carbocycles. The Morgan fingerprint density at radius 2 is 1.97 bits per heavy atom. The lowest BCUT2D eigenvalue weighted by atomic mass is 10.0. The van der Waals surface area contributed by atoms with E-state index in [1.54, 1.807) is 19.2 Å². The van der Waals surface area contributed by atoms with Crippen molar-refractivity contribution in [1.82, 2.24) is 9.47 Å². The Kier molecular flexibility index (Phi) is 6.11. The summed E-state index contributed by atoms with van der Waals surface area (Å²) in [6.45, 7) is 0.867. The van der Waals surface area contributed by atoms with Crippen LogP contribution in [0.15, 0.2) is 66.9 Å². The molecule has 0 saturated carbocycles. The molecule has 1 N–H and O–H groups in total. The number of amides is 1. The van der Waals surface area contributed by atoms with Crippen LogP contribution < -0.4 is 10.1 Å². The highest BCUT2D eigenvalue weighted by Crippen LogP contribution is 2.39. The number of rotatable bonds is 6. The van der Waals surface area contributed by atoms with E-state index in [1.807, 2.05) is 36.4 Å². The number of nitrogens with one attached hydrogen (secondary N) is 1. The lowest BCUT2D eigenvalue weighted by Gasteiger charge is -2.33. The van der Waals surface area contributed by atoms with Gasteiger partial charge in [-0.2, -0.15) is 0 Å². The minimum atomic E-state index is -0.394. The predicted octanol–water partition coefficient (Wildman–Crippen LogP) is 5.20. The highest BCUT2D eigenvalue weighted by Gasteiger charge is 2.37. The van der Waals surface area contributed by atoms with Crippen LogP contribution in [0.1, 0.15) is 36.2 Å². The molecule has 156 valence electrons. The molecule has 3 aromatic rings. The quantitative estimate of drug-likeness (QED) is 0.592. The number of ether oxygens (including phenoxy) is 1. The van der Waals surface area contributed by atoms with Gasteiger partial charge in [-0.15, -0.1) is 0 Å². The van der Waals surface area contributed by atoms with E-state index in [0.29, 0.717) is 16.5 Å². The van der Waals surface area contributed by atoms with Gasteiger partial charge in [0.15, 0.2) is 0 Å². The van der Waals surface area contributed by atoms with Crippen LogP contribution in [0.3, 0.4) is 0 Å². The fraction of sp³-hybridized carbons (Fsp3) is 0.292. The van der Waals surface area contributed by atoms with E-state index in [4.69, 9.17) is 16.3 Å². The predicted molar refractivity (Wildman–Crippen MR) is 120 cm³/mol. The number of hydrogen-bond donors (Lipinski definition) is 1. The van der Waals surface area contributed by atoms with Gasteiger partial charge in [0.1, 0.15) is 11.8 Å². The Morgan fingerprint density at radius 1 is 1.17 bits per heavy atom. The Labute approximate surface area is 182 Å². The van der Waals surface area contributed by atoms with E-state index in [0.717, 1.165) is 24.9 Å². The molecule has 0 unspecified atom stereocenters. The Hall–Kier alpha value is -2.76. The lowest BCUT2D eigenvalue weighted by Crippen LogP contribution is -2.37. The smallest absolute Gasteiger partial charge is 0.246 e. The molecule has 0 radical (unpaired) electrons. The van der Waals surface area contributed by atoms with Crippen molar-refractivity contribution in [2.45, 2.75) is 24.9 Å². The van der Waals surface area contributed by atoms with E-state index in [9.17, 15) is 4.79 Å². The highest BCUT2D eigenvalue weighted by atomic mass is 35.5. The summed E-state index contributed by atoms with van der Waals surface area (Å²) in [7, 11) is 3.63. The van der Waals surface area contributed by atoms with Crippen molar-refractivity contribution in [2.75, 3.05) is 19.0 Å². The zero-order chi connectivity index (χ0) is 21.1. The Morgan fingerprint density at radius 3 is 2.63 bits per heavy atom. The normalized spacial score (nSPS) is 17.6. The van der Waals surface area contributed by atoms with Crippen LogP contribution in [0.25, 0.3) is 0 Å². The molecule has 1 saturated heterocycles. The SMILES string of the molecule is COc1ccc(NC(=O)[C@@H](c2ccccc2)N2CCC[C@@H]2c2cccn2C)cc1Cl. The first-order chi connectivity index (χ1) is 14.6. The van der Waals surface area contributed by atoms with Crippen LogP contribution >= 0.6 is 11.6 Å². The van der Waals surface area contributed by atoms with Gasteiger partial charge in [-0.3, -0.25) is 9.69 Å². The number of anilines is 1. The zero-order valence-electron chi connectivity index (χ0n) is 17.2. The second-order valence-electron chi connectivity index (χ2n) is 7.59. The molecule has 4 rings (SSSR count). The van der Waals surface area contributed by atoms with Gasteiger partial charge < -0.3 is 14.6 Å². The van der Waals surface area contributed by atoms with Crippen molar-refractivity contribution in [2.24, 2.45) is 7.05 Å². The summed E-state index contributed by atoms with van der Waals surface area (Å²) in [5, 5.41) is 3.53. The number of halogens is 1. The maximum atomic E-state index is 13.5.